The Morgan fingerprint density at radius 1 is 1.31 bits per heavy atom. The van der Waals surface area contributed by atoms with Crippen molar-refractivity contribution in [2.45, 2.75) is 19.9 Å². The molecule has 0 aromatic heterocycles. The van der Waals surface area contributed by atoms with Crippen LogP contribution < -0.4 is 10.2 Å². The molecule has 2 rings (SSSR count). The van der Waals surface area contributed by atoms with Crippen LogP contribution in [0, 0.1) is 0 Å². The smallest absolute Gasteiger partial charge is 0.246 e. The number of fused-ring (bicyclic) bond motifs is 1. The highest BCUT2D eigenvalue weighted by molar-refractivity contribution is 6.42. The van der Waals surface area contributed by atoms with Crippen molar-refractivity contribution in [3.8, 4) is 0 Å². The number of anilines is 2. The largest absolute Gasteiger partial charge is 0.374 e. The van der Waals surface area contributed by atoms with Crippen LogP contribution in [0.4, 0.5) is 11.4 Å². The van der Waals surface area contributed by atoms with Crippen molar-refractivity contribution in [1.29, 1.82) is 0 Å². The first-order valence-corrected chi connectivity index (χ1v) is 5.81. The maximum atomic E-state index is 11.8. The number of nitrogens with zero attached hydrogens (tertiary/aromatic N) is 1. The summed E-state index contributed by atoms with van der Waals surface area (Å²) in [5.41, 5.74) is 1.64. The van der Waals surface area contributed by atoms with E-state index < -0.39 is 0 Å². The molecule has 86 valence electrons. The van der Waals surface area contributed by atoms with E-state index >= 15 is 0 Å². The van der Waals surface area contributed by atoms with Crippen LogP contribution in [0.15, 0.2) is 12.1 Å². The minimum atomic E-state index is 0.0425. The molecule has 3 nitrogen and oxygen atoms in total. The van der Waals surface area contributed by atoms with Gasteiger partial charge >= 0.3 is 0 Å². The molecule has 0 aliphatic carbocycles. The second-order valence-corrected chi connectivity index (χ2v) is 4.81. The molecule has 16 heavy (non-hydrogen) atoms. The van der Waals surface area contributed by atoms with Gasteiger partial charge in [-0.25, -0.2) is 0 Å². The van der Waals surface area contributed by atoms with Gasteiger partial charge < -0.3 is 10.2 Å². The molecule has 1 aromatic rings. The Balaban J connectivity index is 2.55. The quantitative estimate of drug-likeness (QED) is 0.840. The molecule has 0 unspecified atom stereocenters. The third-order valence-corrected chi connectivity index (χ3v) is 3.24. The van der Waals surface area contributed by atoms with E-state index in [2.05, 4.69) is 5.32 Å². The SMILES string of the molecule is CC(C)N1C(=O)CNc2cc(Cl)c(Cl)cc21. The van der Waals surface area contributed by atoms with Gasteiger partial charge in [-0.15, -0.1) is 0 Å². The third kappa shape index (κ3) is 1.85. The molecule has 1 aliphatic rings. The Morgan fingerprint density at radius 3 is 2.56 bits per heavy atom. The zero-order chi connectivity index (χ0) is 11.9. The lowest BCUT2D eigenvalue weighted by Crippen LogP contribution is -2.44. The minimum Gasteiger partial charge on any atom is -0.374 e. The minimum absolute atomic E-state index is 0.0425. The van der Waals surface area contributed by atoms with Gasteiger partial charge in [-0.3, -0.25) is 4.79 Å². The number of carbonyl (C=O) groups excluding carboxylic acids is 1. The van der Waals surface area contributed by atoms with Gasteiger partial charge in [0.25, 0.3) is 0 Å². The maximum Gasteiger partial charge on any atom is 0.246 e. The van der Waals surface area contributed by atoms with Crippen LogP contribution in [0.1, 0.15) is 13.8 Å². The van der Waals surface area contributed by atoms with E-state index in [0.29, 0.717) is 16.6 Å². The third-order valence-electron chi connectivity index (χ3n) is 2.51. The molecule has 0 atom stereocenters. The summed E-state index contributed by atoms with van der Waals surface area (Å²) in [6.07, 6.45) is 0. The summed E-state index contributed by atoms with van der Waals surface area (Å²) >= 11 is 11.9. The molecule has 1 heterocycles. The normalized spacial score (nSPS) is 15.1. The van der Waals surface area contributed by atoms with Crippen LogP contribution in [0.3, 0.4) is 0 Å². The van der Waals surface area contributed by atoms with Crippen LogP contribution in [0.2, 0.25) is 10.0 Å². The molecular formula is C11H12Cl2N2O. The number of carbonyl (C=O) groups is 1. The van der Waals surface area contributed by atoms with Gasteiger partial charge in [0.15, 0.2) is 0 Å². The highest BCUT2D eigenvalue weighted by atomic mass is 35.5. The lowest BCUT2D eigenvalue weighted by atomic mass is 10.1. The molecule has 1 amide bonds. The first kappa shape index (κ1) is 11.6. The molecule has 0 spiro atoms. The molecule has 1 aromatic carbocycles. The van der Waals surface area contributed by atoms with Crippen LogP contribution >= 0.6 is 23.2 Å². The van der Waals surface area contributed by atoms with Gasteiger partial charge in [0.05, 0.1) is 28.0 Å². The highest BCUT2D eigenvalue weighted by Gasteiger charge is 2.26. The molecule has 1 aliphatic heterocycles. The van der Waals surface area contributed by atoms with Gasteiger partial charge in [-0.1, -0.05) is 23.2 Å². The first-order valence-electron chi connectivity index (χ1n) is 5.05. The molecule has 0 saturated heterocycles. The predicted molar refractivity (Wildman–Crippen MR) is 67.6 cm³/mol. The van der Waals surface area contributed by atoms with E-state index in [9.17, 15) is 4.79 Å². The fourth-order valence-electron chi connectivity index (χ4n) is 1.83. The van der Waals surface area contributed by atoms with Crippen LogP contribution in [-0.2, 0) is 4.79 Å². The Kier molecular flexibility index (Phi) is 3.00. The molecule has 1 N–H and O–H groups in total. The van der Waals surface area contributed by atoms with E-state index in [1.165, 1.54) is 0 Å². The van der Waals surface area contributed by atoms with Crippen LogP contribution in [0.5, 0.6) is 0 Å². The van der Waals surface area contributed by atoms with Gasteiger partial charge in [-0.2, -0.15) is 0 Å². The number of rotatable bonds is 1. The van der Waals surface area contributed by atoms with E-state index in [1.54, 1.807) is 17.0 Å². The van der Waals surface area contributed by atoms with E-state index in [-0.39, 0.29) is 11.9 Å². The van der Waals surface area contributed by atoms with E-state index in [1.807, 2.05) is 13.8 Å². The van der Waals surface area contributed by atoms with Crippen molar-refractivity contribution < 1.29 is 4.79 Å². The fourth-order valence-corrected chi connectivity index (χ4v) is 2.16. The maximum absolute atomic E-state index is 11.8. The number of hydrogen-bond acceptors (Lipinski definition) is 2. The van der Waals surface area contributed by atoms with Crippen molar-refractivity contribution >= 4 is 40.5 Å². The summed E-state index contributed by atoms with van der Waals surface area (Å²) in [6.45, 7) is 4.23. The average Bonchev–Trinajstić information content (AvgIpc) is 2.20. The van der Waals surface area contributed by atoms with Crippen molar-refractivity contribution in [2.75, 3.05) is 16.8 Å². The second-order valence-electron chi connectivity index (χ2n) is 3.99. The molecular weight excluding hydrogens is 247 g/mol. The first-order chi connectivity index (χ1) is 7.50. The summed E-state index contributed by atoms with van der Waals surface area (Å²) in [6, 6.07) is 3.58. The molecule has 0 bridgehead atoms. The van der Waals surface area contributed by atoms with Crippen molar-refractivity contribution in [2.24, 2.45) is 0 Å². The van der Waals surface area contributed by atoms with Crippen molar-refractivity contribution in [1.82, 2.24) is 0 Å². The number of halogens is 2. The summed E-state index contributed by atoms with van der Waals surface area (Å²) in [4.78, 5) is 13.5. The average molecular weight is 259 g/mol. The lowest BCUT2D eigenvalue weighted by Gasteiger charge is -2.33. The Labute approximate surface area is 104 Å². The molecule has 5 heteroatoms. The molecule has 0 fully saturated rings. The second kappa shape index (κ2) is 4.15. The summed E-state index contributed by atoms with van der Waals surface area (Å²) in [5, 5.41) is 3.98. The van der Waals surface area contributed by atoms with E-state index in [0.717, 1.165) is 11.4 Å². The molecule has 0 radical (unpaired) electrons. The van der Waals surface area contributed by atoms with Gasteiger partial charge in [-0.05, 0) is 26.0 Å². The van der Waals surface area contributed by atoms with Crippen LogP contribution in [-0.4, -0.2) is 18.5 Å². The fraction of sp³-hybridized carbons (Fsp3) is 0.364. The summed E-state index contributed by atoms with van der Waals surface area (Å²) < 4.78 is 0. The Bertz CT molecular complexity index is 446. The van der Waals surface area contributed by atoms with Crippen molar-refractivity contribution in [3.05, 3.63) is 22.2 Å². The van der Waals surface area contributed by atoms with Gasteiger partial charge in [0.1, 0.15) is 0 Å². The topological polar surface area (TPSA) is 32.3 Å². The Hall–Kier alpha value is -0.930. The number of amides is 1. The van der Waals surface area contributed by atoms with Crippen molar-refractivity contribution in [3.63, 3.8) is 0 Å². The zero-order valence-electron chi connectivity index (χ0n) is 9.05. The van der Waals surface area contributed by atoms with E-state index in [4.69, 9.17) is 23.2 Å². The number of hydrogen-bond donors (Lipinski definition) is 1. The number of nitrogens with one attached hydrogen (secondary N) is 1. The Morgan fingerprint density at radius 2 is 1.94 bits per heavy atom. The summed E-state index contributed by atoms with van der Waals surface area (Å²) in [7, 11) is 0. The van der Waals surface area contributed by atoms with Crippen LogP contribution in [0.25, 0.3) is 0 Å². The molecule has 0 saturated carbocycles. The zero-order valence-corrected chi connectivity index (χ0v) is 10.6. The highest BCUT2D eigenvalue weighted by Crippen LogP contribution is 2.37. The van der Waals surface area contributed by atoms with Gasteiger partial charge in [0.2, 0.25) is 5.91 Å². The lowest BCUT2D eigenvalue weighted by molar-refractivity contribution is -0.117. The predicted octanol–water partition coefficient (Wildman–Crippen LogP) is 3.16. The monoisotopic (exact) mass is 258 g/mol. The van der Waals surface area contributed by atoms with Gasteiger partial charge in [0, 0.05) is 6.04 Å². The standard InChI is InChI=1S/C11H12Cl2N2O/c1-6(2)15-10-4-8(13)7(12)3-9(10)14-5-11(15)16/h3-4,6,14H,5H2,1-2H3. The number of benzene rings is 1. The summed E-state index contributed by atoms with van der Waals surface area (Å²) in [5.74, 6) is 0.0425.